The molecule has 1 amide bonds. The van der Waals surface area contributed by atoms with Gasteiger partial charge in [-0.05, 0) is 37.1 Å². The summed E-state index contributed by atoms with van der Waals surface area (Å²) in [5, 5.41) is 3.51. The van der Waals surface area contributed by atoms with Gasteiger partial charge >= 0.3 is 0 Å². The van der Waals surface area contributed by atoms with Crippen LogP contribution < -0.4 is 14.8 Å². The van der Waals surface area contributed by atoms with Crippen molar-refractivity contribution in [2.75, 3.05) is 33.4 Å². The number of benzene rings is 2. The maximum absolute atomic E-state index is 12.8. The number of amides is 1. The minimum atomic E-state index is -3.59. The number of hydrogen-bond donors (Lipinski definition) is 1. The van der Waals surface area contributed by atoms with Gasteiger partial charge in [-0.3, -0.25) is 4.79 Å². The SMILES string of the molecule is COc1cccc(OCCNC(=O)C2CCN(S(=O)(=O)Cc3c(Cl)cccc3Cl)CC2)c1. The maximum Gasteiger partial charge on any atom is 0.223 e. The Bertz CT molecular complexity index is 1020. The normalized spacial score (nSPS) is 15.3. The van der Waals surface area contributed by atoms with Crippen molar-refractivity contribution in [2.45, 2.75) is 18.6 Å². The smallest absolute Gasteiger partial charge is 0.223 e. The van der Waals surface area contributed by atoms with Gasteiger partial charge in [-0.1, -0.05) is 35.3 Å². The minimum absolute atomic E-state index is 0.0922. The predicted octanol–water partition coefficient (Wildman–Crippen LogP) is 3.74. The molecular formula is C22H26Cl2N2O5S. The minimum Gasteiger partial charge on any atom is -0.497 e. The van der Waals surface area contributed by atoms with Gasteiger partial charge in [0, 0.05) is 40.7 Å². The molecule has 2 aromatic carbocycles. The Balaban J connectivity index is 1.43. The predicted molar refractivity (Wildman–Crippen MR) is 125 cm³/mol. The van der Waals surface area contributed by atoms with Crippen molar-refractivity contribution in [3.8, 4) is 11.5 Å². The number of hydrogen-bond acceptors (Lipinski definition) is 5. The summed E-state index contributed by atoms with van der Waals surface area (Å²) >= 11 is 12.2. The van der Waals surface area contributed by atoms with E-state index in [1.807, 2.05) is 18.2 Å². The first kappa shape index (κ1) is 24.6. The third kappa shape index (κ3) is 6.51. The first-order valence-corrected chi connectivity index (χ1v) is 12.6. The Labute approximate surface area is 198 Å². The first-order chi connectivity index (χ1) is 15.3. The first-order valence-electron chi connectivity index (χ1n) is 10.3. The second-order valence-corrected chi connectivity index (χ2v) is 10.2. The van der Waals surface area contributed by atoms with Crippen LogP contribution in [-0.4, -0.2) is 52.0 Å². The lowest BCUT2D eigenvalue weighted by molar-refractivity contribution is -0.126. The van der Waals surface area contributed by atoms with Crippen molar-refractivity contribution in [3.63, 3.8) is 0 Å². The van der Waals surface area contributed by atoms with Crippen LogP contribution in [0.1, 0.15) is 18.4 Å². The number of carbonyl (C=O) groups excluding carboxylic acids is 1. The van der Waals surface area contributed by atoms with Crippen LogP contribution in [0.25, 0.3) is 0 Å². The third-order valence-electron chi connectivity index (χ3n) is 5.32. The number of halogens is 2. The number of piperidine rings is 1. The number of nitrogens with zero attached hydrogens (tertiary/aromatic N) is 1. The molecule has 32 heavy (non-hydrogen) atoms. The van der Waals surface area contributed by atoms with E-state index >= 15 is 0 Å². The van der Waals surface area contributed by atoms with E-state index in [4.69, 9.17) is 32.7 Å². The van der Waals surface area contributed by atoms with Gasteiger partial charge in [0.2, 0.25) is 15.9 Å². The number of rotatable bonds is 9. The number of carbonyl (C=O) groups is 1. The number of ether oxygens (including phenoxy) is 2. The Morgan fingerprint density at radius 2 is 1.72 bits per heavy atom. The molecule has 1 N–H and O–H groups in total. The molecule has 1 aliphatic rings. The molecule has 0 atom stereocenters. The Morgan fingerprint density at radius 3 is 2.38 bits per heavy atom. The van der Waals surface area contributed by atoms with Crippen LogP contribution in [0.5, 0.6) is 11.5 Å². The molecule has 2 aromatic rings. The van der Waals surface area contributed by atoms with E-state index < -0.39 is 10.0 Å². The van der Waals surface area contributed by atoms with E-state index in [2.05, 4.69) is 5.32 Å². The van der Waals surface area contributed by atoms with Crippen LogP contribution in [0, 0.1) is 5.92 Å². The Kier molecular flexibility index (Phi) is 8.64. The highest BCUT2D eigenvalue weighted by atomic mass is 35.5. The van der Waals surface area contributed by atoms with E-state index in [1.54, 1.807) is 31.4 Å². The molecule has 1 saturated heterocycles. The quantitative estimate of drug-likeness (QED) is 0.530. The van der Waals surface area contributed by atoms with Crippen molar-refractivity contribution in [1.82, 2.24) is 9.62 Å². The lowest BCUT2D eigenvalue weighted by atomic mass is 9.97. The molecule has 0 bridgehead atoms. The molecule has 0 radical (unpaired) electrons. The van der Waals surface area contributed by atoms with Crippen molar-refractivity contribution in [1.29, 1.82) is 0 Å². The summed E-state index contributed by atoms with van der Waals surface area (Å²) in [6, 6.07) is 12.1. The van der Waals surface area contributed by atoms with E-state index in [0.717, 1.165) is 0 Å². The lowest BCUT2D eigenvalue weighted by Crippen LogP contribution is -2.44. The summed E-state index contributed by atoms with van der Waals surface area (Å²) in [6.07, 6.45) is 0.913. The number of nitrogens with one attached hydrogen (secondary N) is 1. The van der Waals surface area contributed by atoms with Crippen LogP contribution in [0.3, 0.4) is 0 Å². The molecule has 0 unspecified atom stereocenters. The second kappa shape index (κ2) is 11.2. The molecule has 1 heterocycles. The summed E-state index contributed by atoms with van der Waals surface area (Å²) in [4.78, 5) is 12.5. The monoisotopic (exact) mass is 500 g/mol. The van der Waals surface area contributed by atoms with Gasteiger partial charge in [-0.15, -0.1) is 0 Å². The van der Waals surface area contributed by atoms with E-state index in [9.17, 15) is 13.2 Å². The molecule has 0 saturated carbocycles. The van der Waals surface area contributed by atoms with Gasteiger partial charge < -0.3 is 14.8 Å². The lowest BCUT2D eigenvalue weighted by Gasteiger charge is -2.30. The Morgan fingerprint density at radius 1 is 1.09 bits per heavy atom. The number of methoxy groups -OCH3 is 1. The molecule has 0 aromatic heterocycles. The second-order valence-electron chi connectivity index (χ2n) is 7.45. The van der Waals surface area contributed by atoms with Gasteiger partial charge in [0.25, 0.3) is 0 Å². The number of sulfonamides is 1. The summed E-state index contributed by atoms with van der Waals surface area (Å²) in [5.74, 6) is 0.776. The molecule has 3 rings (SSSR count). The van der Waals surface area contributed by atoms with Crippen LogP contribution >= 0.6 is 23.2 Å². The van der Waals surface area contributed by atoms with Crippen molar-refractivity contribution in [3.05, 3.63) is 58.1 Å². The van der Waals surface area contributed by atoms with E-state index in [-0.39, 0.29) is 30.7 Å². The third-order valence-corrected chi connectivity index (χ3v) is 7.83. The van der Waals surface area contributed by atoms with Gasteiger partial charge in [-0.25, -0.2) is 12.7 Å². The van der Waals surface area contributed by atoms with Gasteiger partial charge in [0.05, 0.1) is 19.4 Å². The summed E-state index contributed by atoms with van der Waals surface area (Å²) in [6.45, 7) is 1.25. The van der Waals surface area contributed by atoms with E-state index in [0.29, 0.717) is 53.1 Å². The zero-order chi connectivity index (χ0) is 23.1. The average Bonchev–Trinajstić information content (AvgIpc) is 2.79. The van der Waals surface area contributed by atoms with Crippen LogP contribution in [0.15, 0.2) is 42.5 Å². The highest BCUT2D eigenvalue weighted by molar-refractivity contribution is 7.88. The van der Waals surface area contributed by atoms with Gasteiger partial charge in [0.15, 0.2) is 0 Å². The fourth-order valence-corrected chi connectivity index (χ4v) is 5.83. The summed E-state index contributed by atoms with van der Waals surface area (Å²) < 4.78 is 37.8. The van der Waals surface area contributed by atoms with Crippen molar-refractivity contribution < 1.29 is 22.7 Å². The van der Waals surface area contributed by atoms with Crippen LogP contribution in [0.4, 0.5) is 0 Å². The summed E-state index contributed by atoms with van der Waals surface area (Å²) in [5.41, 5.74) is 0.395. The van der Waals surface area contributed by atoms with Crippen molar-refractivity contribution >= 4 is 39.1 Å². The molecule has 0 aliphatic carbocycles. The molecule has 174 valence electrons. The fourth-order valence-electron chi connectivity index (χ4n) is 3.52. The standard InChI is InChI=1S/C22H26Cl2N2O5S/c1-30-17-4-2-5-18(14-17)31-13-10-25-22(27)16-8-11-26(12-9-16)32(28,29)15-19-20(23)6-3-7-21(19)24/h2-7,14,16H,8-13,15H2,1H3,(H,25,27). The van der Waals surface area contributed by atoms with Crippen LogP contribution in [-0.2, 0) is 20.6 Å². The highest BCUT2D eigenvalue weighted by Gasteiger charge is 2.31. The van der Waals surface area contributed by atoms with E-state index in [1.165, 1.54) is 4.31 Å². The molecule has 0 spiro atoms. The molecule has 7 nitrogen and oxygen atoms in total. The Hall–Kier alpha value is -2.00. The zero-order valence-electron chi connectivity index (χ0n) is 17.7. The maximum atomic E-state index is 12.8. The highest BCUT2D eigenvalue weighted by Crippen LogP contribution is 2.29. The largest absolute Gasteiger partial charge is 0.497 e. The zero-order valence-corrected chi connectivity index (χ0v) is 20.0. The van der Waals surface area contributed by atoms with Gasteiger partial charge in [0.1, 0.15) is 18.1 Å². The molecule has 10 heteroatoms. The van der Waals surface area contributed by atoms with Crippen molar-refractivity contribution in [2.24, 2.45) is 5.92 Å². The average molecular weight is 501 g/mol. The summed E-state index contributed by atoms with van der Waals surface area (Å²) in [7, 11) is -2.00. The molecule has 1 aliphatic heterocycles. The van der Waals surface area contributed by atoms with Crippen LogP contribution in [0.2, 0.25) is 10.0 Å². The van der Waals surface area contributed by atoms with Gasteiger partial charge in [-0.2, -0.15) is 0 Å². The molecule has 1 fully saturated rings. The fraction of sp³-hybridized carbons (Fsp3) is 0.409. The topological polar surface area (TPSA) is 84.9 Å². The molecular weight excluding hydrogens is 475 g/mol.